The maximum atomic E-state index is 15.1. The first-order chi connectivity index (χ1) is 63.0. The molecule has 1 saturated heterocycles. The number of hydrogen-bond donors (Lipinski definition) is 23. The van der Waals surface area contributed by atoms with Crippen LogP contribution in [0.5, 0.6) is 0 Å². The van der Waals surface area contributed by atoms with Gasteiger partial charge in [0.15, 0.2) is 0 Å². The lowest BCUT2D eigenvalue weighted by atomic mass is 9.96. The van der Waals surface area contributed by atoms with E-state index in [0.717, 1.165) is 0 Å². The van der Waals surface area contributed by atoms with Gasteiger partial charge < -0.3 is 129 Å². The lowest BCUT2D eigenvalue weighted by Gasteiger charge is -2.32. The van der Waals surface area contributed by atoms with Crippen LogP contribution in [0.25, 0.3) is 0 Å². The van der Waals surface area contributed by atoms with Crippen LogP contribution in [0.3, 0.4) is 0 Å². The highest BCUT2D eigenvalue weighted by Gasteiger charge is 2.44. The van der Waals surface area contributed by atoms with Gasteiger partial charge in [-0.05, 0) is 196 Å². The Bertz CT molecular complexity index is 3930. The summed E-state index contributed by atoms with van der Waals surface area (Å²) < 4.78 is 0. The van der Waals surface area contributed by atoms with Crippen molar-refractivity contribution in [1.29, 1.82) is 0 Å². The number of amides is 18. The number of aliphatic hydroxyl groups excluding tert-OH is 1. The SMILES string of the molecule is CC[C@H](C)[C@H](NC(=O)[C@H](CC(C)C)NC(=O)[C@H](CCCCN)NC(=O)[C@@H](NC(=O)[C@@H](NC(=O)[C@H](Cc1cnc[nH]1)NC(=O)[C@@H]1CCCN1C(=O)[C@H](CC(C)C)NC(=O)[C@@H](NC(=O)[C@H](CCCCN)NC(=O)[C@H](C)NC(=O)[C@H](CC(C)C)NC(=O)[C@H](CC(C)C)NC(=O)[C@H](CO)NC(=O)[C@H](C)NC(=O)[C@H](CCSC)NC(=O)CN)C(C)C)C(C)C)C(C)C)C(=O)N[C@@H](CCCCN)C(N)=O. The van der Waals surface area contributed by atoms with E-state index in [2.05, 4.69) is 95.0 Å². The van der Waals surface area contributed by atoms with Crippen LogP contribution in [0.2, 0.25) is 0 Å². The number of aliphatic hydroxyl groups is 1. The van der Waals surface area contributed by atoms with Crippen molar-refractivity contribution in [2.24, 2.45) is 76.0 Å². The first-order valence-electron chi connectivity index (χ1n) is 47.4. The molecule has 0 aromatic carbocycles. The van der Waals surface area contributed by atoms with Gasteiger partial charge in [0.05, 0.1) is 19.5 Å². The second-order valence-electron chi connectivity index (χ2n) is 37.6. The molecule has 2 rings (SSSR count). The van der Waals surface area contributed by atoms with E-state index in [4.69, 9.17) is 28.7 Å². The van der Waals surface area contributed by atoms with Crippen LogP contribution in [0, 0.1) is 47.3 Å². The normalized spacial score (nSPS) is 16.5. The average Bonchev–Trinajstić information content (AvgIpc) is 1.64. The number of H-pyrrole nitrogens is 1. The number of nitrogens with two attached hydrogens (primary N) is 5. The maximum absolute atomic E-state index is 15.1. The zero-order valence-electron chi connectivity index (χ0n) is 82.3. The number of hydrogen-bond acceptors (Lipinski definition) is 25. The van der Waals surface area contributed by atoms with Crippen molar-refractivity contribution in [2.45, 2.75) is 343 Å². The number of rotatable bonds is 65. The summed E-state index contributed by atoms with van der Waals surface area (Å²) in [4.78, 5) is 262. The molecule has 0 radical (unpaired) electrons. The van der Waals surface area contributed by atoms with E-state index in [1.165, 1.54) is 43.0 Å². The number of primary amides is 1. The second-order valence-corrected chi connectivity index (χ2v) is 38.6. The zero-order valence-corrected chi connectivity index (χ0v) is 83.1. The third kappa shape index (κ3) is 42.8. The molecule has 18 amide bonds. The van der Waals surface area contributed by atoms with Crippen molar-refractivity contribution in [3.05, 3.63) is 18.2 Å². The molecule has 762 valence electrons. The number of thioether (sulfide) groups is 1. The smallest absolute Gasteiger partial charge is 0.245 e. The molecule has 1 aromatic heterocycles. The summed E-state index contributed by atoms with van der Waals surface area (Å²) in [6.07, 6.45) is 8.65. The fourth-order valence-corrected chi connectivity index (χ4v) is 15.4. The Labute approximate surface area is 794 Å². The minimum atomic E-state index is -1.63. The van der Waals surface area contributed by atoms with Crippen LogP contribution >= 0.6 is 11.8 Å². The van der Waals surface area contributed by atoms with Gasteiger partial charge in [-0.3, -0.25) is 86.3 Å². The Hall–Kier alpha value is -10.2. The fourth-order valence-electron chi connectivity index (χ4n) is 14.9. The summed E-state index contributed by atoms with van der Waals surface area (Å²) in [5.74, 6) is -16.6. The van der Waals surface area contributed by atoms with Crippen molar-refractivity contribution < 1.29 is 91.4 Å². The molecule has 28 N–H and O–H groups in total. The number of carbonyl (C=O) groups excluding carboxylic acids is 18. The molecule has 0 saturated carbocycles. The van der Waals surface area contributed by atoms with E-state index in [9.17, 15) is 86.6 Å². The van der Waals surface area contributed by atoms with Crippen LogP contribution in [0.1, 0.15) is 239 Å². The summed E-state index contributed by atoms with van der Waals surface area (Å²) in [5.41, 5.74) is 28.9. The van der Waals surface area contributed by atoms with Gasteiger partial charge in [-0.1, -0.05) is 117 Å². The molecule has 1 fully saturated rings. The topological polar surface area (TPSA) is 682 Å². The van der Waals surface area contributed by atoms with Gasteiger partial charge >= 0.3 is 0 Å². The van der Waals surface area contributed by atoms with Crippen LogP contribution < -0.4 is 114 Å². The highest BCUT2D eigenvalue weighted by molar-refractivity contribution is 7.98. The van der Waals surface area contributed by atoms with Crippen molar-refractivity contribution in [1.82, 2.24) is 99.9 Å². The van der Waals surface area contributed by atoms with Crippen molar-refractivity contribution in [3.63, 3.8) is 0 Å². The van der Waals surface area contributed by atoms with Crippen LogP contribution in [0.15, 0.2) is 12.5 Å². The molecule has 1 aliphatic heterocycles. The second kappa shape index (κ2) is 62.5. The fraction of sp³-hybridized carbons (Fsp3) is 0.767. The summed E-state index contributed by atoms with van der Waals surface area (Å²) >= 11 is 1.42. The molecule has 2 heterocycles. The Morgan fingerprint density at radius 2 is 0.754 bits per heavy atom. The van der Waals surface area contributed by atoms with Gasteiger partial charge in [0.25, 0.3) is 0 Å². The molecule has 0 spiro atoms. The third-order valence-corrected chi connectivity index (χ3v) is 23.5. The van der Waals surface area contributed by atoms with Crippen LogP contribution in [0.4, 0.5) is 0 Å². The van der Waals surface area contributed by atoms with Gasteiger partial charge in [-0.15, -0.1) is 0 Å². The van der Waals surface area contributed by atoms with E-state index in [1.807, 2.05) is 34.6 Å². The lowest BCUT2D eigenvalue weighted by Crippen LogP contribution is -2.62. The predicted molar refractivity (Wildman–Crippen MR) is 508 cm³/mol. The van der Waals surface area contributed by atoms with Gasteiger partial charge in [0.1, 0.15) is 103 Å². The highest BCUT2D eigenvalue weighted by atomic mass is 32.2. The van der Waals surface area contributed by atoms with E-state index in [-0.39, 0.29) is 114 Å². The van der Waals surface area contributed by atoms with E-state index in [1.54, 1.807) is 82.4 Å². The van der Waals surface area contributed by atoms with Crippen molar-refractivity contribution >= 4 is 118 Å². The van der Waals surface area contributed by atoms with E-state index in [0.29, 0.717) is 69.4 Å². The molecule has 18 atom stereocenters. The number of nitrogens with zero attached hydrogens (tertiary/aromatic N) is 2. The number of unbranched alkanes of at least 4 members (excludes halogenated alkanes) is 3. The molecule has 1 aliphatic rings. The number of likely N-dealkylation sites (tertiary alicyclic amines) is 1. The number of nitrogens with one attached hydrogen (secondary N) is 17. The first-order valence-corrected chi connectivity index (χ1v) is 48.8. The molecule has 43 nitrogen and oxygen atoms in total. The minimum absolute atomic E-state index is 0.00891. The Kier molecular flexibility index (Phi) is 55.9. The quantitative estimate of drug-likeness (QED) is 0.0300. The van der Waals surface area contributed by atoms with E-state index >= 15 is 4.79 Å². The maximum Gasteiger partial charge on any atom is 0.245 e. The first kappa shape index (κ1) is 120. The lowest BCUT2D eigenvalue weighted by molar-refractivity contribution is -0.143. The Morgan fingerprint density at radius 3 is 1.16 bits per heavy atom. The standard InChI is InChI=1S/C90H162N24O19S/c1-20-54(16)73(89(132)101-58(74(95)117)28-21-24-33-91)113-82(125)64(40-49(6)7)104-78(121)59(29-22-25-34-92)103-86(129)71(52(12)13)112-88(131)72(53(14)15)111-83(126)65(42-57-44-96-46-97-57)107-85(128)68-31-27-36-114(68)90(133)66(41-50(8)9)108-87(130)70(51(10)11)110-79(122)60(30-23-26-35-93)102-75(118)55(17)99-80(123)62(38-47(2)3)105-81(124)63(39-48(4)5)106-84(127)67(45-115)109-76(119)56(18)98-77(120)61(32-37-134-19)100-69(116)43-94/h44,46-56,58-68,70-73,115H,20-43,45,91-94H2,1-19H3,(H2,95,117)(H,96,97)(H,98,120)(H,99,123)(H,100,116)(H,101,132)(H,102,118)(H,103,129)(H,104,121)(H,105,124)(H,106,127)(H,107,128)(H,108,130)(H,109,119)(H,110,122)(H,111,126)(H,112,131)(H,113,125)/t54-,55-,56-,58-,59-,60-,61-,62-,63-,64-,65-,66-,67-,68-,70-,71-,72-,73-/m0/s1. The molecule has 0 unspecified atom stereocenters. The Morgan fingerprint density at radius 1 is 0.410 bits per heavy atom. The molecular formula is C90H162N24O19S. The zero-order chi connectivity index (χ0) is 102. The molecule has 0 aliphatic carbocycles. The molecular weight excluding hydrogens is 1750 g/mol. The average molecular weight is 1920 g/mol. The number of imidazole rings is 1. The third-order valence-electron chi connectivity index (χ3n) is 22.9. The summed E-state index contributed by atoms with van der Waals surface area (Å²) in [5, 5.41) is 53.3. The van der Waals surface area contributed by atoms with Gasteiger partial charge in [-0.2, -0.15) is 11.8 Å². The predicted octanol–water partition coefficient (Wildman–Crippen LogP) is -2.49. The van der Waals surface area contributed by atoms with Gasteiger partial charge in [0, 0.05) is 24.9 Å². The van der Waals surface area contributed by atoms with Gasteiger partial charge in [-0.25, -0.2) is 4.98 Å². The summed E-state index contributed by atoms with van der Waals surface area (Å²) in [6, 6.07) is -21.9. The molecule has 1 aromatic rings. The minimum Gasteiger partial charge on any atom is -0.394 e. The molecule has 0 bridgehead atoms. The van der Waals surface area contributed by atoms with Gasteiger partial charge in [0.2, 0.25) is 106 Å². The summed E-state index contributed by atoms with van der Waals surface area (Å²) in [7, 11) is 0. The number of aromatic nitrogens is 2. The molecule has 44 heteroatoms. The Balaban J connectivity index is 2.43. The highest BCUT2D eigenvalue weighted by Crippen LogP contribution is 2.24. The number of aromatic amines is 1. The summed E-state index contributed by atoms with van der Waals surface area (Å²) in [6.45, 7) is 30.1. The van der Waals surface area contributed by atoms with Crippen molar-refractivity contribution in [2.75, 3.05) is 51.3 Å². The number of carbonyl (C=O) groups is 18. The van der Waals surface area contributed by atoms with Crippen molar-refractivity contribution in [3.8, 4) is 0 Å². The van der Waals surface area contributed by atoms with Crippen LogP contribution in [-0.4, -0.2) is 280 Å². The van der Waals surface area contributed by atoms with E-state index < -0.39 is 239 Å². The van der Waals surface area contributed by atoms with Crippen LogP contribution in [-0.2, 0) is 92.7 Å². The molecule has 134 heavy (non-hydrogen) atoms. The largest absolute Gasteiger partial charge is 0.394 e. The monoisotopic (exact) mass is 1920 g/mol.